The number of nitrogen functional groups attached to an aromatic ring is 3. The van der Waals surface area contributed by atoms with Gasteiger partial charge in [-0.05, 0) is 42.8 Å². The molecule has 0 bridgehead atoms. The Hall–Kier alpha value is -2.60. The zero-order chi connectivity index (χ0) is 16.3. The number of aliphatic hydroxyl groups excluding tert-OH is 1. The Kier molecular flexibility index (Phi) is 4.62. The summed E-state index contributed by atoms with van der Waals surface area (Å²) in [5.74, 6) is 0.507. The number of phenolic OH excluding ortho intramolecular Hbond substituents is 1. The van der Waals surface area contributed by atoms with E-state index in [1.54, 1.807) is 31.2 Å². The Bertz CT molecular complexity index is 674. The molecule has 1 atom stereocenters. The van der Waals surface area contributed by atoms with Gasteiger partial charge in [-0.1, -0.05) is 0 Å². The summed E-state index contributed by atoms with van der Waals surface area (Å²) in [4.78, 5) is 0. The lowest BCUT2D eigenvalue weighted by molar-refractivity contribution is 0.153. The molecular weight excluding hydrogens is 282 g/mol. The molecule has 0 aliphatic heterocycles. The SMILES string of the molecule is Cc1c(N)ccc(O)c1C(CCO)Oc1ccc(N)cc1N. The molecule has 2 aromatic carbocycles. The van der Waals surface area contributed by atoms with E-state index < -0.39 is 6.10 Å². The number of benzene rings is 2. The minimum Gasteiger partial charge on any atom is -0.508 e. The average molecular weight is 303 g/mol. The number of anilines is 3. The van der Waals surface area contributed by atoms with Gasteiger partial charge < -0.3 is 32.2 Å². The first-order chi connectivity index (χ1) is 10.4. The molecule has 0 saturated heterocycles. The second-order valence-corrected chi connectivity index (χ2v) is 5.13. The summed E-state index contributed by atoms with van der Waals surface area (Å²) >= 11 is 0. The summed E-state index contributed by atoms with van der Waals surface area (Å²) in [6, 6.07) is 8.07. The van der Waals surface area contributed by atoms with Gasteiger partial charge in [-0.25, -0.2) is 0 Å². The molecule has 0 heterocycles. The summed E-state index contributed by atoms with van der Waals surface area (Å²) < 4.78 is 5.89. The van der Waals surface area contributed by atoms with Crippen LogP contribution in [-0.2, 0) is 0 Å². The molecule has 0 radical (unpaired) electrons. The fraction of sp³-hybridized carbons (Fsp3) is 0.250. The van der Waals surface area contributed by atoms with Gasteiger partial charge in [0.25, 0.3) is 0 Å². The first-order valence-electron chi connectivity index (χ1n) is 6.94. The van der Waals surface area contributed by atoms with E-state index in [2.05, 4.69) is 0 Å². The lowest BCUT2D eigenvalue weighted by Gasteiger charge is -2.23. The van der Waals surface area contributed by atoms with E-state index in [1.165, 1.54) is 6.07 Å². The highest BCUT2D eigenvalue weighted by Gasteiger charge is 2.21. The van der Waals surface area contributed by atoms with Gasteiger partial charge in [0.05, 0.1) is 5.69 Å². The fourth-order valence-corrected chi connectivity index (χ4v) is 2.34. The van der Waals surface area contributed by atoms with Crippen LogP contribution in [0.3, 0.4) is 0 Å². The zero-order valence-electron chi connectivity index (χ0n) is 12.4. The largest absolute Gasteiger partial charge is 0.508 e. The van der Waals surface area contributed by atoms with Crippen LogP contribution >= 0.6 is 0 Å². The molecule has 0 aliphatic carbocycles. The van der Waals surface area contributed by atoms with Gasteiger partial charge in [-0.15, -0.1) is 0 Å². The molecule has 0 aromatic heterocycles. The molecule has 22 heavy (non-hydrogen) atoms. The van der Waals surface area contributed by atoms with Crippen molar-refractivity contribution in [3.8, 4) is 11.5 Å². The number of phenols is 1. The topological polar surface area (TPSA) is 128 Å². The molecular formula is C16H21N3O3. The summed E-state index contributed by atoms with van der Waals surface area (Å²) in [7, 11) is 0. The number of rotatable bonds is 5. The smallest absolute Gasteiger partial charge is 0.143 e. The van der Waals surface area contributed by atoms with Gasteiger partial charge in [0, 0.05) is 30.0 Å². The Labute approximate surface area is 129 Å². The van der Waals surface area contributed by atoms with Crippen molar-refractivity contribution in [2.45, 2.75) is 19.4 Å². The van der Waals surface area contributed by atoms with E-state index in [0.29, 0.717) is 40.4 Å². The first kappa shape index (κ1) is 15.8. The number of hydrogen-bond donors (Lipinski definition) is 5. The summed E-state index contributed by atoms with van der Waals surface area (Å²) in [5.41, 5.74) is 20.2. The monoisotopic (exact) mass is 303 g/mol. The van der Waals surface area contributed by atoms with Crippen LogP contribution in [0.2, 0.25) is 0 Å². The molecule has 6 heteroatoms. The molecule has 8 N–H and O–H groups in total. The molecule has 2 aromatic rings. The van der Waals surface area contributed by atoms with E-state index in [1.807, 2.05) is 0 Å². The molecule has 0 spiro atoms. The van der Waals surface area contributed by atoms with Gasteiger partial charge in [-0.3, -0.25) is 0 Å². The second-order valence-electron chi connectivity index (χ2n) is 5.13. The van der Waals surface area contributed by atoms with Crippen LogP contribution in [-0.4, -0.2) is 16.8 Å². The Morgan fingerprint density at radius 3 is 2.45 bits per heavy atom. The summed E-state index contributed by atoms with van der Waals surface area (Å²) in [5, 5.41) is 19.4. The van der Waals surface area contributed by atoms with Crippen molar-refractivity contribution in [3.63, 3.8) is 0 Å². The van der Waals surface area contributed by atoms with Crippen molar-refractivity contribution in [1.82, 2.24) is 0 Å². The van der Waals surface area contributed by atoms with Gasteiger partial charge in [0.15, 0.2) is 0 Å². The standard InChI is InChI=1S/C16H21N3O3/c1-9-11(18)3-4-13(21)16(9)15(6-7-20)22-14-5-2-10(17)8-12(14)19/h2-5,8,15,20-21H,6-7,17-19H2,1H3. The zero-order valence-corrected chi connectivity index (χ0v) is 12.4. The highest BCUT2D eigenvalue weighted by molar-refractivity contribution is 5.61. The third-order valence-corrected chi connectivity index (χ3v) is 3.55. The van der Waals surface area contributed by atoms with Gasteiger partial charge in [0.1, 0.15) is 17.6 Å². The Morgan fingerprint density at radius 2 is 1.82 bits per heavy atom. The molecule has 1 unspecified atom stereocenters. The molecule has 2 rings (SSSR count). The van der Waals surface area contributed by atoms with Crippen LogP contribution in [0.1, 0.15) is 23.7 Å². The first-order valence-corrected chi connectivity index (χ1v) is 6.94. The highest BCUT2D eigenvalue weighted by atomic mass is 16.5. The van der Waals surface area contributed by atoms with Crippen LogP contribution < -0.4 is 21.9 Å². The average Bonchev–Trinajstić information content (AvgIpc) is 2.46. The minimum absolute atomic E-state index is 0.0687. The van der Waals surface area contributed by atoms with E-state index in [9.17, 15) is 10.2 Å². The molecule has 0 saturated carbocycles. The van der Waals surface area contributed by atoms with Gasteiger partial charge in [0.2, 0.25) is 0 Å². The van der Waals surface area contributed by atoms with Crippen LogP contribution in [0.4, 0.5) is 17.1 Å². The van der Waals surface area contributed by atoms with E-state index in [-0.39, 0.29) is 12.4 Å². The van der Waals surface area contributed by atoms with Crippen molar-refractivity contribution >= 4 is 17.1 Å². The normalized spacial score (nSPS) is 12.1. The Morgan fingerprint density at radius 1 is 1.09 bits per heavy atom. The van der Waals surface area contributed by atoms with Crippen molar-refractivity contribution in [2.24, 2.45) is 0 Å². The van der Waals surface area contributed by atoms with E-state index in [4.69, 9.17) is 21.9 Å². The highest BCUT2D eigenvalue weighted by Crippen LogP contribution is 2.37. The third-order valence-electron chi connectivity index (χ3n) is 3.55. The minimum atomic E-state index is -0.570. The molecule has 0 fully saturated rings. The maximum absolute atomic E-state index is 10.1. The maximum Gasteiger partial charge on any atom is 0.143 e. The van der Waals surface area contributed by atoms with E-state index in [0.717, 1.165) is 0 Å². The quantitative estimate of drug-likeness (QED) is 0.424. The van der Waals surface area contributed by atoms with Crippen LogP contribution in [0.5, 0.6) is 11.5 Å². The number of aliphatic hydroxyl groups is 1. The third kappa shape index (κ3) is 3.17. The second kappa shape index (κ2) is 6.44. The van der Waals surface area contributed by atoms with Crippen molar-refractivity contribution in [1.29, 1.82) is 0 Å². The predicted molar refractivity (Wildman–Crippen MR) is 87.6 cm³/mol. The predicted octanol–water partition coefficient (Wildman–Crippen LogP) is 1.95. The van der Waals surface area contributed by atoms with Crippen LogP contribution in [0, 0.1) is 6.92 Å². The van der Waals surface area contributed by atoms with Crippen LogP contribution in [0.25, 0.3) is 0 Å². The fourth-order valence-electron chi connectivity index (χ4n) is 2.34. The lowest BCUT2D eigenvalue weighted by atomic mass is 9.98. The summed E-state index contributed by atoms with van der Waals surface area (Å²) in [6.45, 7) is 1.69. The molecule has 0 amide bonds. The molecule has 6 nitrogen and oxygen atoms in total. The number of ether oxygens (including phenoxy) is 1. The number of hydrogen-bond acceptors (Lipinski definition) is 6. The summed E-state index contributed by atoms with van der Waals surface area (Å²) in [6.07, 6.45) is -0.277. The lowest BCUT2D eigenvalue weighted by Crippen LogP contribution is -2.13. The maximum atomic E-state index is 10.1. The Balaban J connectivity index is 2.41. The van der Waals surface area contributed by atoms with E-state index >= 15 is 0 Å². The van der Waals surface area contributed by atoms with Crippen molar-refractivity contribution in [2.75, 3.05) is 23.8 Å². The number of aromatic hydroxyl groups is 1. The van der Waals surface area contributed by atoms with Crippen LogP contribution in [0.15, 0.2) is 30.3 Å². The molecule has 118 valence electrons. The van der Waals surface area contributed by atoms with Gasteiger partial charge in [-0.2, -0.15) is 0 Å². The van der Waals surface area contributed by atoms with Crippen molar-refractivity contribution in [3.05, 3.63) is 41.5 Å². The van der Waals surface area contributed by atoms with Gasteiger partial charge >= 0.3 is 0 Å². The number of nitrogens with two attached hydrogens (primary N) is 3. The molecule has 0 aliphatic rings. The van der Waals surface area contributed by atoms with Crippen molar-refractivity contribution < 1.29 is 14.9 Å².